The Kier molecular flexibility index (Phi) is 6.88. The highest BCUT2D eigenvalue weighted by Gasteiger charge is 2.11. The third-order valence-corrected chi connectivity index (χ3v) is 5.04. The van der Waals surface area contributed by atoms with E-state index < -0.39 is 0 Å². The highest BCUT2D eigenvalue weighted by Crippen LogP contribution is 2.34. The molecule has 0 bridgehead atoms. The fourth-order valence-corrected chi connectivity index (χ4v) is 3.19. The summed E-state index contributed by atoms with van der Waals surface area (Å²) < 4.78 is 12.8. The zero-order valence-corrected chi connectivity index (χ0v) is 16.8. The van der Waals surface area contributed by atoms with E-state index in [1.165, 1.54) is 0 Å². The van der Waals surface area contributed by atoms with Crippen molar-refractivity contribution in [1.82, 2.24) is 0 Å². The van der Waals surface area contributed by atoms with Crippen molar-refractivity contribution in [2.24, 2.45) is 0 Å². The van der Waals surface area contributed by atoms with Gasteiger partial charge in [0.05, 0.1) is 15.7 Å². The minimum absolute atomic E-state index is 0.210. The summed E-state index contributed by atoms with van der Waals surface area (Å²) in [6, 6.07) is 9.70. The summed E-state index contributed by atoms with van der Waals surface area (Å²) in [6.45, 7) is 0.848. The number of methoxy groups -OCH3 is 1. The van der Waals surface area contributed by atoms with Crippen LogP contribution in [0.4, 0.5) is 5.69 Å². The summed E-state index contributed by atoms with van der Waals surface area (Å²) >= 11 is 11.7. The molecule has 6 heteroatoms. The van der Waals surface area contributed by atoms with Crippen LogP contribution in [0.1, 0.15) is 5.56 Å². The lowest BCUT2D eigenvalue weighted by Crippen LogP contribution is -2.03. The van der Waals surface area contributed by atoms with E-state index in [4.69, 9.17) is 27.5 Å². The third-order valence-electron chi connectivity index (χ3n) is 3.01. The van der Waals surface area contributed by atoms with E-state index in [0.29, 0.717) is 23.1 Å². The van der Waals surface area contributed by atoms with Crippen LogP contribution >= 0.6 is 50.1 Å². The molecule has 0 heterocycles. The zero-order chi connectivity index (χ0) is 16.8. The maximum absolute atomic E-state index is 6.10. The summed E-state index contributed by atoms with van der Waals surface area (Å²) in [5.41, 5.74) is 2.01. The lowest BCUT2D eigenvalue weighted by molar-refractivity contribution is 0.328. The molecule has 0 saturated heterocycles. The number of terminal acetylenes is 1. The first kappa shape index (κ1) is 18.2. The van der Waals surface area contributed by atoms with E-state index in [1.54, 1.807) is 7.11 Å². The number of hydrogen-bond acceptors (Lipinski definition) is 3. The van der Waals surface area contributed by atoms with Gasteiger partial charge in [-0.25, -0.2) is 0 Å². The molecule has 0 spiro atoms. The van der Waals surface area contributed by atoms with Crippen molar-refractivity contribution in [2.75, 3.05) is 19.0 Å². The first-order valence-electron chi connectivity index (χ1n) is 6.66. The summed E-state index contributed by atoms with van der Waals surface area (Å²) in [4.78, 5) is 0. The molecule has 3 nitrogen and oxygen atoms in total. The summed E-state index contributed by atoms with van der Waals surface area (Å²) in [6.07, 6.45) is 5.24. The van der Waals surface area contributed by atoms with Gasteiger partial charge in [-0.2, -0.15) is 0 Å². The van der Waals surface area contributed by atoms with Crippen LogP contribution in [0.5, 0.6) is 11.5 Å². The van der Waals surface area contributed by atoms with Gasteiger partial charge in [0.1, 0.15) is 6.61 Å². The minimum Gasteiger partial charge on any atom is -0.493 e. The molecule has 0 aliphatic heterocycles. The van der Waals surface area contributed by atoms with Gasteiger partial charge in [0.2, 0.25) is 0 Å². The molecule has 0 saturated carbocycles. The molecule has 0 aliphatic rings. The van der Waals surface area contributed by atoms with Gasteiger partial charge in [0.15, 0.2) is 11.5 Å². The van der Waals surface area contributed by atoms with Gasteiger partial charge < -0.3 is 14.8 Å². The molecule has 23 heavy (non-hydrogen) atoms. The number of nitrogens with one attached hydrogen (secondary N) is 1. The average Bonchev–Trinajstić information content (AvgIpc) is 2.54. The van der Waals surface area contributed by atoms with E-state index in [9.17, 15) is 0 Å². The van der Waals surface area contributed by atoms with Crippen molar-refractivity contribution < 1.29 is 9.47 Å². The number of halogens is 3. The van der Waals surface area contributed by atoms with Crippen LogP contribution < -0.4 is 14.8 Å². The van der Waals surface area contributed by atoms with Crippen molar-refractivity contribution in [3.63, 3.8) is 0 Å². The molecule has 2 aromatic carbocycles. The van der Waals surface area contributed by atoms with E-state index in [1.807, 2.05) is 30.3 Å². The Balaban J connectivity index is 2.15. The SMILES string of the molecule is C#CCOc1c(I)cc(CNc2ccc(Br)c(Cl)c2)cc1OC. The number of rotatable bonds is 6. The molecule has 2 aromatic rings. The second kappa shape index (κ2) is 8.67. The van der Waals surface area contributed by atoms with Crippen LogP contribution in [0.2, 0.25) is 5.02 Å². The fourth-order valence-electron chi connectivity index (χ4n) is 1.94. The lowest BCUT2D eigenvalue weighted by Gasteiger charge is -2.14. The zero-order valence-electron chi connectivity index (χ0n) is 12.3. The molecule has 120 valence electrons. The van der Waals surface area contributed by atoms with Crippen LogP contribution in [0.25, 0.3) is 0 Å². The molecule has 0 atom stereocenters. The minimum atomic E-state index is 0.210. The molecular formula is C17H14BrClINO2. The molecule has 0 amide bonds. The lowest BCUT2D eigenvalue weighted by atomic mass is 10.2. The molecule has 0 unspecified atom stereocenters. The van der Waals surface area contributed by atoms with Crippen LogP contribution in [-0.2, 0) is 6.54 Å². The van der Waals surface area contributed by atoms with Crippen LogP contribution in [-0.4, -0.2) is 13.7 Å². The predicted molar refractivity (Wildman–Crippen MR) is 107 cm³/mol. The van der Waals surface area contributed by atoms with Gasteiger partial charge in [0, 0.05) is 16.7 Å². The van der Waals surface area contributed by atoms with Crippen molar-refractivity contribution in [1.29, 1.82) is 0 Å². The second-order valence-corrected chi connectivity index (χ2v) is 7.01. The van der Waals surface area contributed by atoms with E-state index >= 15 is 0 Å². The first-order chi connectivity index (χ1) is 11.0. The molecule has 2 rings (SSSR count). The van der Waals surface area contributed by atoms with Gasteiger partial charge in [-0.15, -0.1) is 6.42 Å². The van der Waals surface area contributed by atoms with Gasteiger partial charge >= 0.3 is 0 Å². The van der Waals surface area contributed by atoms with Gasteiger partial charge in [-0.05, 0) is 74.4 Å². The third kappa shape index (κ3) is 4.93. The molecular weight excluding hydrogens is 492 g/mol. The molecule has 0 fully saturated rings. The van der Waals surface area contributed by atoms with Crippen LogP contribution in [0, 0.1) is 15.9 Å². The Morgan fingerprint density at radius 3 is 2.78 bits per heavy atom. The predicted octanol–water partition coefficient (Wildman–Crippen LogP) is 5.34. The Morgan fingerprint density at radius 1 is 1.35 bits per heavy atom. The van der Waals surface area contributed by atoms with Crippen molar-refractivity contribution in [2.45, 2.75) is 6.54 Å². The van der Waals surface area contributed by atoms with Gasteiger partial charge in [-0.3, -0.25) is 0 Å². The van der Waals surface area contributed by atoms with E-state index in [-0.39, 0.29) is 6.61 Å². The number of ether oxygens (including phenoxy) is 2. The smallest absolute Gasteiger partial charge is 0.175 e. The van der Waals surface area contributed by atoms with Crippen molar-refractivity contribution in [3.05, 3.63) is 49.0 Å². The van der Waals surface area contributed by atoms with Gasteiger partial charge in [0.25, 0.3) is 0 Å². The molecule has 0 radical (unpaired) electrons. The number of hydrogen-bond donors (Lipinski definition) is 1. The topological polar surface area (TPSA) is 30.5 Å². The quantitative estimate of drug-likeness (QED) is 0.424. The highest BCUT2D eigenvalue weighted by atomic mass is 127. The fraction of sp³-hybridized carbons (Fsp3) is 0.176. The number of anilines is 1. The average molecular weight is 507 g/mol. The Bertz CT molecular complexity index is 746. The largest absolute Gasteiger partial charge is 0.493 e. The van der Waals surface area contributed by atoms with Crippen molar-refractivity contribution >= 4 is 55.8 Å². The Labute approximate surface area is 163 Å². The summed E-state index contributed by atoms with van der Waals surface area (Å²) in [5, 5.41) is 4.00. The number of benzene rings is 2. The van der Waals surface area contributed by atoms with E-state index in [0.717, 1.165) is 19.3 Å². The summed E-state index contributed by atoms with van der Waals surface area (Å²) in [5.74, 6) is 3.79. The van der Waals surface area contributed by atoms with Crippen LogP contribution in [0.15, 0.2) is 34.8 Å². The Morgan fingerprint density at radius 2 is 2.13 bits per heavy atom. The van der Waals surface area contributed by atoms with E-state index in [2.05, 4.69) is 49.8 Å². The van der Waals surface area contributed by atoms with Crippen LogP contribution in [0.3, 0.4) is 0 Å². The highest BCUT2D eigenvalue weighted by molar-refractivity contribution is 14.1. The monoisotopic (exact) mass is 505 g/mol. The maximum Gasteiger partial charge on any atom is 0.175 e. The second-order valence-electron chi connectivity index (χ2n) is 4.58. The summed E-state index contributed by atoms with van der Waals surface area (Å²) in [7, 11) is 1.61. The first-order valence-corrected chi connectivity index (χ1v) is 8.91. The normalized spacial score (nSPS) is 10.0. The molecule has 0 aliphatic carbocycles. The Hall–Kier alpha value is -1.10. The van der Waals surface area contributed by atoms with Gasteiger partial charge in [-0.1, -0.05) is 17.5 Å². The molecule has 1 N–H and O–H groups in total. The maximum atomic E-state index is 6.10. The molecule has 0 aromatic heterocycles. The standard InChI is InChI=1S/C17H14BrClINO2/c1-3-6-23-17-15(20)7-11(8-16(17)22-2)10-21-12-4-5-13(18)14(19)9-12/h1,4-5,7-9,21H,6,10H2,2H3. The van der Waals surface area contributed by atoms with Crippen molar-refractivity contribution in [3.8, 4) is 23.8 Å².